The molecule has 1 fully saturated rings. The monoisotopic (exact) mass is 440 g/mol. The second-order valence-corrected chi connectivity index (χ2v) is 7.56. The zero-order chi connectivity index (χ0) is 22.2. The van der Waals surface area contributed by atoms with Gasteiger partial charge in [-0.2, -0.15) is 0 Å². The second-order valence-electron chi connectivity index (χ2n) is 6.55. The topological polar surface area (TPSA) is 60.4 Å². The number of hydrogen-bond donors (Lipinski definition) is 0. The van der Waals surface area contributed by atoms with Gasteiger partial charge in [0.15, 0.2) is 5.17 Å². The van der Waals surface area contributed by atoms with Crippen LogP contribution in [0, 0.1) is 0 Å². The molecule has 0 N–H and O–H groups in total. The van der Waals surface area contributed by atoms with Crippen LogP contribution in [0.5, 0.6) is 17.2 Å². The Hall–Kier alpha value is -2.93. The third kappa shape index (κ3) is 5.61. The predicted octanol–water partition coefficient (Wildman–Crippen LogP) is 5.51. The molecule has 1 aliphatic heterocycles. The van der Waals surface area contributed by atoms with Crippen molar-refractivity contribution < 1.29 is 19.0 Å². The number of likely N-dealkylation sites (N-methyl/N-ethyl adjacent to an activating group) is 1. The molecule has 0 bridgehead atoms. The van der Waals surface area contributed by atoms with Crippen LogP contribution < -0.4 is 14.2 Å². The van der Waals surface area contributed by atoms with Gasteiger partial charge in [-0.15, -0.1) is 0 Å². The number of benzene rings is 2. The van der Waals surface area contributed by atoms with Gasteiger partial charge in [0.2, 0.25) is 0 Å². The molecule has 0 aromatic heterocycles. The average Bonchev–Trinajstić information content (AvgIpc) is 3.06. The number of ether oxygens (including phenoxy) is 3. The Morgan fingerprint density at radius 2 is 1.55 bits per heavy atom. The van der Waals surface area contributed by atoms with Crippen LogP contribution in [0.1, 0.15) is 33.3 Å². The molecule has 1 saturated heterocycles. The zero-order valence-electron chi connectivity index (χ0n) is 18.4. The van der Waals surface area contributed by atoms with Crippen molar-refractivity contribution in [3.8, 4) is 17.2 Å². The number of carbonyl (C=O) groups is 1. The summed E-state index contributed by atoms with van der Waals surface area (Å²) in [6.07, 6.45) is 1.86. The van der Waals surface area contributed by atoms with Gasteiger partial charge < -0.3 is 14.2 Å². The highest BCUT2D eigenvalue weighted by Gasteiger charge is 2.32. The number of carbonyl (C=O) groups excluding carboxylic acids is 1. The molecular formula is C24H28N2O4S. The van der Waals surface area contributed by atoms with Crippen LogP contribution in [-0.2, 0) is 4.79 Å². The summed E-state index contributed by atoms with van der Waals surface area (Å²) in [5.74, 6) is 2.17. The van der Waals surface area contributed by atoms with Crippen LogP contribution in [0.4, 0.5) is 5.69 Å². The SMILES string of the molecule is CCOc1ccc(N=C2SC(=Cc3ccc(OCC)cc3OCC)C(=O)N2CC)cc1. The van der Waals surface area contributed by atoms with Gasteiger partial charge in [-0.25, -0.2) is 4.99 Å². The molecule has 1 amide bonds. The summed E-state index contributed by atoms with van der Waals surface area (Å²) in [7, 11) is 0. The van der Waals surface area contributed by atoms with Crippen molar-refractivity contribution in [3.05, 3.63) is 52.9 Å². The van der Waals surface area contributed by atoms with E-state index in [2.05, 4.69) is 4.99 Å². The van der Waals surface area contributed by atoms with Crippen molar-refractivity contribution >= 4 is 34.6 Å². The fraction of sp³-hybridized carbons (Fsp3) is 0.333. The number of amidine groups is 1. The predicted molar refractivity (Wildman–Crippen MR) is 126 cm³/mol. The van der Waals surface area contributed by atoms with Gasteiger partial charge >= 0.3 is 0 Å². The Labute approximate surface area is 187 Å². The first kappa shape index (κ1) is 22.7. The first-order chi connectivity index (χ1) is 15.1. The number of nitrogens with zero attached hydrogens (tertiary/aromatic N) is 2. The molecule has 3 rings (SSSR count). The fourth-order valence-electron chi connectivity index (χ4n) is 3.08. The second kappa shape index (κ2) is 10.9. The van der Waals surface area contributed by atoms with E-state index in [4.69, 9.17) is 14.2 Å². The Balaban J connectivity index is 1.89. The fourth-order valence-corrected chi connectivity index (χ4v) is 4.13. The summed E-state index contributed by atoms with van der Waals surface area (Å²) in [4.78, 5) is 20.0. The van der Waals surface area contributed by atoms with E-state index in [1.165, 1.54) is 11.8 Å². The van der Waals surface area contributed by atoms with E-state index in [1.807, 2.05) is 76.2 Å². The molecule has 6 nitrogen and oxygen atoms in total. The molecule has 0 atom stereocenters. The molecule has 0 saturated carbocycles. The minimum Gasteiger partial charge on any atom is -0.494 e. The van der Waals surface area contributed by atoms with Gasteiger partial charge in [0.05, 0.1) is 30.4 Å². The molecular weight excluding hydrogens is 412 g/mol. The average molecular weight is 441 g/mol. The molecule has 1 heterocycles. The molecule has 2 aromatic carbocycles. The Morgan fingerprint density at radius 1 is 0.903 bits per heavy atom. The van der Waals surface area contributed by atoms with Gasteiger partial charge in [-0.05, 0) is 81.9 Å². The molecule has 0 spiro atoms. The van der Waals surface area contributed by atoms with Gasteiger partial charge in [0.25, 0.3) is 5.91 Å². The van der Waals surface area contributed by atoms with Crippen LogP contribution in [0.25, 0.3) is 6.08 Å². The highest BCUT2D eigenvalue weighted by molar-refractivity contribution is 8.18. The maximum absolute atomic E-state index is 13.0. The van der Waals surface area contributed by atoms with E-state index < -0.39 is 0 Å². The maximum Gasteiger partial charge on any atom is 0.266 e. The Bertz CT molecular complexity index is 970. The van der Waals surface area contributed by atoms with E-state index in [1.54, 1.807) is 4.90 Å². The smallest absolute Gasteiger partial charge is 0.266 e. The maximum atomic E-state index is 13.0. The summed E-state index contributed by atoms with van der Waals surface area (Å²) >= 11 is 1.37. The first-order valence-electron chi connectivity index (χ1n) is 10.5. The number of rotatable bonds is 9. The van der Waals surface area contributed by atoms with Crippen LogP contribution in [-0.4, -0.2) is 42.3 Å². The molecule has 2 aromatic rings. The Morgan fingerprint density at radius 3 is 2.19 bits per heavy atom. The summed E-state index contributed by atoms with van der Waals surface area (Å²) in [5.41, 5.74) is 1.61. The van der Waals surface area contributed by atoms with Crippen molar-refractivity contribution in [3.63, 3.8) is 0 Å². The van der Waals surface area contributed by atoms with Gasteiger partial charge in [-0.1, -0.05) is 0 Å². The normalized spacial score (nSPS) is 16.3. The summed E-state index contributed by atoms with van der Waals surface area (Å²) in [5, 5.41) is 0.659. The summed E-state index contributed by atoms with van der Waals surface area (Å²) in [6, 6.07) is 13.2. The molecule has 1 aliphatic rings. The summed E-state index contributed by atoms with van der Waals surface area (Å²) < 4.78 is 16.8. The highest BCUT2D eigenvalue weighted by Crippen LogP contribution is 2.36. The molecule has 0 aliphatic carbocycles. The molecule has 31 heavy (non-hydrogen) atoms. The lowest BCUT2D eigenvalue weighted by Crippen LogP contribution is -2.28. The van der Waals surface area contributed by atoms with Gasteiger partial charge in [-0.3, -0.25) is 9.69 Å². The van der Waals surface area contributed by atoms with Gasteiger partial charge in [0.1, 0.15) is 17.2 Å². The van der Waals surface area contributed by atoms with Crippen molar-refractivity contribution in [2.45, 2.75) is 27.7 Å². The standard InChI is InChI=1S/C24H28N2O4S/c1-5-26-23(27)22(15-17-9-12-20(29-7-3)16-21(17)30-8-4)31-24(26)25-18-10-13-19(14-11-18)28-6-2/h9-16H,5-8H2,1-4H3. The minimum atomic E-state index is -0.0616. The largest absolute Gasteiger partial charge is 0.494 e. The third-order valence-electron chi connectivity index (χ3n) is 4.46. The lowest BCUT2D eigenvalue weighted by atomic mass is 10.1. The van der Waals surface area contributed by atoms with Crippen LogP contribution in [0.3, 0.4) is 0 Å². The van der Waals surface area contributed by atoms with E-state index in [-0.39, 0.29) is 5.91 Å². The lowest BCUT2D eigenvalue weighted by Gasteiger charge is -2.12. The van der Waals surface area contributed by atoms with Crippen molar-refractivity contribution in [2.24, 2.45) is 4.99 Å². The van der Waals surface area contributed by atoms with Crippen molar-refractivity contribution in [2.75, 3.05) is 26.4 Å². The van der Waals surface area contributed by atoms with E-state index in [0.29, 0.717) is 42.2 Å². The first-order valence-corrected chi connectivity index (χ1v) is 11.3. The van der Waals surface area contributed by atoms with Crippen LogP contribution in [0.2, 0.25) is 0 Å². The minimum absolute atomic E-state index is 0.0616. The molecule has 7 heteroatoms. The van der Waals surface area contributed by atoms with Crippen LogP contribution in [0.15, 0.2) is 52.4 Å². The lowest BCUT2D eigenvalue weighted by molar-refractivity contribution is -0.122. The zero-order valence-corrected chi connectivity index (χ0v) is 19.2. The quantitative estimate of drug-likeness (QED) is 0.482. The molecule has 0 radical (unpaired) electrons. The summed E-state index contributed by atoms with van der Waals surface area (Å²) in [6.45, 7) is 10.0. The highest BCUT2D eigenvalue weighted by atomic mass is 32.2. The number of aliphatic imine (C=N–C) groups is 1. The molecule has 164 valence electrons. The third-order valence-corrected chi connectivity index (χ3v) is 5.47. The number of hydrogen-bond acceptors (Lipinski definition) is 6. The van der Waals surface area contributed by atoms with E-state index in [0.717, 1.165) is 22.7 Å². The number of amides is 1. The molecule has 0 unspecified atom stereocenters. The van der Waals surface area contributed by atoms with Crippen molar-refractivity contribution in [1.29, 1.82) is 0 Å². The van der Waals surface area contributed by atoms with Gasteiger partial charge in [0, 0.05) is 18.2 Å². The van der Waals surface area contributed by atoms with Crippen molar-refractivity contribution in [1.82, 2.24) is 4.90 Å². The van der Waals surface area contributed by atoms with E-state index in [9.17, 15) is 4.79 Å². The van der Waals surface area contributed by atoms with E-state index >= 15 is 0 Å². The number of thioether (sulfide) groups is 1. The van der Waals surface area contributed by atoms with Crippen LogP contribution >= 0.6 is 11.8 Å². The Kier molecular flexibility index (Phi) is 8.00.